The lowest BCUT2D eigenvalue weighted by molar-refractivity contribution is 0.410. The third kappa shape index (κ3) is 2.35. The number of halogens is 1. The number of anilines is 1. The molecule has 2 aromatic rings. The molecule has 2 rings (SSSR count). The number of nitrogens with two attached hydrogens (primary N) is 1. The summed E-state index contributed by atoms with van der Waals surface area (Å²) < 4.78 is 18.8. The number of nitriles is 1. The Morgan fingerprint density at radius 2 is 2.22 bits per heavy atom. The molecule has 0 fully saturated rings. The first-order chi connectivity index (χ1) is 8.60. The molecule has 0 spiro atoms. The van der Waals surface area contributed by atoms with Crippen LogP contribution >= 0.6 is 0 Å². The van der Waals surface area contributed by atoms with E-state index < -0.39 is 5.82 Å². The van der Waals surface area contributed by atoms with Crippen molar-refractivity contribution in [3.05, 3.63) is 41.5 Å². The van der Waals surface area contributed by atoms with Crippen molar-refractivity contribution in [2.75, 3.05) is 5.73 Å². The number of aromatic nitrogens is 2. The van der Waals surface area contributed by atoms with E-state index in [1.807, 2.05) is 6.07 Å². The highest BCUT2D eigenvalue weighted by Gasteiger charge is 2.09. The monoisotopic (exact) mass is 244 g/mol. The van der Waals surface area contributed by atoms with Crippen LogP contribution < -0.4 is 10.5 Å². The van der Waals surface area contributed by atoms with E-state index in [0.29, 0.717) is 11.3 Å². The van der Waals surface area contributed by atoms with E-state index in [9.17, 15) is 4.39 Å². The third-order valence-electron chi connectivity index (χ3n) is 2.27. The zero-order chi connectivity index (χ0) is 13.1. The molecule has 0 amide bonds. The fourth-order valence-electron chi connectivity index (χ4n) is 1.30. The molecule has 0 atom stereocenters. The lowest BCUT2D eigenvalue weighted by Crippen LogP contribution is -1.98. The van der Waals surface area contributed by atoms with Gasteiger partial charge in [0.05, 0.1) is 0 Å². The van der Waals surface area contributed by atoms with Gasteiger partial charge in [-0.1, -0.05) is 0 Å². The summed E-state index contributed by atoms with van der Waals surface area (Å²) >= 11 is 0. The van der Waals surface area contributed by atoms with Crippen molar-refractivity contribution in [3.63, 3.8) is 0 Å². The number of nitrogen functional groups attached to an aromatic ring is 1. The summed E-state index contributed by atoms with van der Waals surface area (Å²) in [6.45, 7) is 1.73. The van der Waals surface area contributed by atoms with Gasteiger partial charge in [-0.05, 0) is 24.6 Å². The zero-order valence-corrected chi connectivity index (χ0v) is 9.51. The van der Waals surface area contributed by atoms with Crippen LogP contribution in [0.2, 0.25) is 0 Å². The minimum atomic E-state index is -0.607. The summed E-state index contributed by atoms with van der Waals surface area (Å²) in [5.74, 6) is -0.638. The normalized spacial score (nSPS) is 9.83. The number of aryl methyl sites for hydroxylation is 1. The van der Waals surface area contributed by atoms with Crippen LogP contribution in [0, 0.1) is 24.1 Å². The van der Waals surface area contributed by atoms with E-state index in [2.05, 4.69) is 9.97 Å². The van der Waals surface area contributed by atoms with Gasteiger partial charge in [0.2, 0.25) is 0 Å². The second-order valence-electron chi connectivity index (χ2n) is 3.58. The molecule has 0 unspecified atom stereocenters. The molecule has 0 radical (unpaired) electrons. The van der Waals surface area contributed by atoms with Gasteiger partial charge in [0.15, 0.2) is 11.6 Å². The smallest absolute Gasteiger partial charge is 0.323 e. The molecule has 90 valence electrons. The summed E-state index contributed by atoms with van der Waals surface area (Å²) in [7, 11) is 0. The van der Waals surface area contributed by atoms with Crippen LogP contribution in [0.3, 0.4) is 0 Å². The van der Waals surface area contributed by atoms with Crippen LogP contribution in [-0.4, -0.2) is 9.97 Å². The number of rotatable bonds is 2. The summed E-state index contributed by atoms with van der Waals surface area (Å²) in [4.78, 5) is 7.58. The van der Waals surface area contributed by atoms with Crippen LogP contribution in [-0.2, 0) is 0 Å². The average molecular weight is 244 g/mol. The quantitative estimate of drug-likeness (QED) is 0.818. The second kappa shape index (κ2) is 4.67. The fraction of sp³-hybridized carbons (Fsp3) is 0.0833. The molecular weight excluding hydrogens is 235 g/mol. The lowest BCUT2D eigenvalue weighted by Gasteiger charge is -2.07. The van der Waals surface area contributed by atoms with Gasteiger partial charge < -0.3 is 10.5 Å². The minimum Gasteiger partial charge on any atom is -0.421 e. The van der Waals surface area contributed by atoms with Gasteiger partial charge in [0.1, 0.15) is 11.8 Å². The maximum absolute atomic E-state index is 13.6. The molecular formula is C12H9FN4O. The van der Waals surface area contributed by atoms with Gasteiger partial charge in [-0.25, -0.2) is 9.37 Å². The Kier molecular flexibility index (Phi) is 3.06. The molecule has 0 saturated carbocycles. The van der Waals surface area contributed by atoms with Crippen molar-refractivity contribution in [3.8, 4) is 17.8 Å². The molecule has 0 aliphatic rings. The van der Waals surface area contributed by atoms with Gasteiger partial charge in [0, 0.05) is 18.0 Å². The minimum absolute atomic E-state index is 0.0308. The van der Waals surface area contributed by atoms with Crippen molar-refractivity contribution < 1.29 is 9.13 Å². The van der Waals surface area contributed by atoms with Crippen molar-refractivity contribution in [1.29, 1.82) is 5.26 Å². The first-order valence-electron chi connectivity index (χ1n) is 5.07. The van der Waals surface area contributed by atoms with E-state index in [-0.39, 0.29) is 17.5 Å². The highest BCUT2D eigenvalue weighted by atomic mass is 19.1. The van der Waals surface area contributed by atoms with Gasteiger partial charge in [-0.15, -0.1) is 0 Å². The van der Waals surface area contributed by atoms with Crippen molar-refractivity contribution >= 4 is 5.69 Å². The predicted octanol–water partition coefficient (Wildman–Crippen LogP) is 2.17. The van der Waals surface area contributed by atoms with Crippen LogP contribution in [0.1, 0.15) is 11.3 Å². The van der Waals surface area contributed by atoms with E-state index in [4.69, 9.17) is 15.7 Å². The Balaban J connectivity index is 2.34. The third-order valence-corrected chi connectivity index (χ3v) is 2.27. The first kappa shape index (κ1) is 11.8. The number of hydrogen-bond acceptors (Lipinski definition) is 5. The molecule has 0 bridgehead atoms. The molecule has 0 aliphatic carbocycles. The number of hydrogen-bond donors (Lipinski definition) is 1. The van der Waals surface area contributed by atoms with E-state index in [1.165, 1.54) is 24.4 Å². The van der Waals surface area contributed by atoms with Crippen molar-refractivity contribution in [2.24, 2.45) is 0 Å². The lowest BCUT2D eigenvalue weighted by atomic mass is 10.2. The van der Waals surface area contributed by atoms with E-state index in [1.54, 1.807) is 6.92 Å². The van der Waals surface area contributed by atoms with Crippen LogP contribution in [0.15, 0.2) is 24.4 Å². The van der Waals surface area contributed by atoms with Gasteiger partial charge in [-0.2, -0.15) is 10.2 Å². The summed E-state index contributed by atoms with van der Waals surface area (Å²) in [6.07, 6.45) is 1.36. The highest BCUT2D eigenvalue weighted by Crippen LogP contribution is 2.26. The van der Waals surface area contributed by atoms with Crippen molar-refractivity contribution in [1.82, 2.24) is 9.97 Å². The Morgan fingerprint density at radius 1 is 1.44 bits per heavy atom. The summed E-state index contributed by atoms with van der Waals surface area (Å²) in [6, 6.07) is 5.80. The molecule has 5 nitrogen and oxygen atoms in total. The van der Waals surface area contributed by atoms with Crippen LogP contribution in [0.5, 0.6) is 11.8 Å². The second-order valence-corrected chi connectivity index (χ2v) is 3.58. The van der Waals surface area contributed by atoms with Gasteiger partial charge in [-0.3, -0.25) is 0 Å². The summed E-state index contributed by atoms with van der Waals surface area (Å²) in [5.41, 5.74) is 6.73. The molecule has 18 heavy (non-hydrogen) atoms. The highest BCUT2D eigenvalue weighted by molar-refractivity contribution is 5.50. The number of ether oxygens (including phenoxy) is 1. The van der Waals surface area contributed by atoms with E-state index >= 15 is 0 Å². The van der Waals surface area contributed by atoms with Gasteiger partial charge >= 0.3 is 6.01 Å². The number of benzene rings is 1. The average Bonchev–Trinajstić information content (AvgIpc) is 2.36. The maximum atomic E-state index is 13.6. The maximum Gasteiger partial charge on any atom is 0.323 e. The largest absolute Gasteiger partial charge is 0.421 e. The molecule has 2 N–H and O–H groups in total. The predicted molar refractivity (Wildman–Crippen MR) is 62.4 cm³/mol. The Hall–Kier alpha value is -2.68. The number of nitrogens with zero attached hydrogens (tertiary/aromatic N) is 3. The standard InChI is InChI=1S/C12H9FN4O/c1-7-4-11(9(13)5-10(7)15)18-12-16-3-2-8(6-14)17-12/h2-5H,15H2,1H3. The molecule has 0 aliphatic heterocycles. The Labute approximate surface area is 103 Å². The Bertz CT molecular complexity index is 636. The first-order valence-corrected chi connectivity index (χ1v) is 5.07. The molecule has 1 aromatic carbocycles. The fourth-order valence-corrected chi connectivity index (χ4v) is 1.30. The topological polar surface area (TPSA) is 84.8 Å². The SMILES string of the molecule is Cc1cc(Oc2nccc(C#N)n2)c(F)cc1N. The van der Waals surface area contributed by atoms with Crippen LogP contribution in [0.4, 0.5) is 10.1 Å². The molecule has 6 heteroatoms. The van der Waals surface area contributed by atoms with Gasteiger partial charge in [0.25, 0.3) is 0 Å². The Morgan fingerprint density at radius 3 is 2.94 bits per heavy atom. The van der Waals surface area contributed by atoms with E-state index in [0.717, 1.165) is 0 Å². The molecule has 1 aromatic heterocycles. The van der Waals surface area contributed by atoms with Crippen LogP contribution in [0.25, 0.3) is 0 Å². The van der Waals surface area contributed by atoms with Crippen molar-refractivity contribution in [2.45, 2.75) is 6.92 Å². The zero-order valence-electron chi connectivity index (χ0n) is 9.51. The molecule has 1 heterocycles. The molecule has 0 saturated heterocycles. The summed E-state index contributed by atoms with van der Waals surface area (Å²) in [5, 5.41) is 8.68.